The molecule has 5 rings (SSSR count). The molecule has 0 unspecified atom stereocenters. The molecule has 0 spiro atoms. The van der Waals surface area contributed by atoms with Crippen LogP contribution in [0.2, 0.25) is 0 Å². The molecule has 2 aromatic carbocycles. The molecule has 0 atom stereocenters. The van der Waals surface area contributed by atoms with Crippen molar-refractivity contribution >= 4 is 51.8 Å². The lowest BCUT2D eigenvalue weighted by molar-refractivity contribution is -0.115. The predicted molar refractivity (Wildman–Crippen MR) is 118 cm³/mol. The molecular formula is C20H19N9O2. The molecule has 11 nitrogen and oxygen atoms in total. The maximum Gasteiger partial charge on any atom is 0.323 e. The van der Waals surface area contributed by atoms with Gasteiger partial charge in [-0.3, -0.25) is 4.79 Å². The van der Waals surface area contributed by atoms with Crippen LogP contribution in [-0.4, -0.2) is 37.4 Å². The molecule has 0 aliphatic carbocycles. The number of imidazole rings is 1. The van der Waals surface area contributed by atoms with Crippen LogP contribution in [0.1, 0.15) is 12.5 Å². The van der Waals surface area contributed by atoms with Gasteiger partial charge in [-0.25, -0.2) is 4.79 Å². The zero-order chi connectivity index (χ0) is 21.4. The van der Waals surface area contributed by atoms with Crippen LogP contribution < -0.4 is 27.0 Å². The maximum atomic E-state index is 11.6. The monoisotopic (exact) mass is 417 g/mol. The highest BCUT2D eigenvalue weighted by Gasteiger charge is 2.18. The van der Waals surface area contributed by atoms with E-state index in [2.05, 4.69) is 46.2 Å². The normalized spacial score (nSPS) is 12.5. The van der Waals surface area contributed by atoms with E-state index < -0.39 is 0 Å². The second-order valence-electron chi connectivity index (χ2n) is 7.02. The zero-order valence-electron chi connectivity index (χ0n) is 16.5. The van der Waals surface area contributed by atoms with E-state index in [0.29, 0.717) is 47.5 Å². The fraction of sp³-hybridized carbons (Fsp3) is 0.150. The third-order valence-electron chi connectivity index (χ3n) is 4.73. The quantitative estimate of drug-likeness (QED) is 0.280. The molecule has 0 radical (unpaired) electrons. The molecule has 156 valence electrons. The number of H-pyrrole nitrogens is 2. The number of benzene rings is 2. The summed E-state index contributed by atoms with van der Waals surface area (Å²) in [5.41, 5.74) is 4.34. The van der Waals surface area contributed by atoms with Gasteiger partial charge in [-0.05, 0) is 48.9 Å². The standard InChI is InChI=1S/C20H19N9O2/c1-2-21-17-27-18(22-11-3-5-13-10(7-11)8-16(30)24-13)29-19(28-17)23-12-4-6-14-15(9-12)26-20(31)25-14/h3-7,9H,2,8H2,1H3,(H,24,30)(H2,25,26,31)(H3,21,22,23,27,28,29). The molecular weight excluding hydrogens is 398 g/mol. The smallest absolute Gasteiger partial charge is 0.323 e. The van der Waals surface area contributed by atoms with Crippen molar-refractivity contribution in [2.75, 3.05) is 27.8 Å². The highest BCUT2D eigenvalue weighted by atomic mass is 16.2. The van der Waals surface area contributed by atoms with Crippen LogP contribution in [0, 0.1) is 0 Å². The summed E-state index contributed by atoms with van der Waals surface area (Å²) in [5.74, 6) is 1.08. The van der Waals surface area contributed by atoms with Crippen LogP contribution >= 0.6 is 0 Å². The summed E-state index contributed by atoms with van der Waals surface area (Å²) in [6, 6.07) is 11.0. The first-order chi connectivity index (χ1) is 15.1. The Morgan fingerprint density at radius 2 is 1.55 bits per heavy atom. The third kappa shape index (κ3) is 3.88. The molecule has 0 fully saturated rings. The molecule has 6 N–H and O–H groups in total. The van der Waals surface area contributed by atoms with Gasteiger partial charge in [-0.1, -0.05) is 0 Å². The van der Waals surface area contributed by atoms with Gasteiger partial charge in [0.25, 0.3) is 0 Å². The number of aromatic nitrogens is 5. The van der Waals surface area contributed by atoms with E-state index in [1.54, 1.807) is 12.1 Å². The van der Waals surface area contributed by atoms with Crippen LogP contribution in [0.4, 0.5) is 34.9 Å². The Labute approximate surface area is 175 Å². The van der Waals surface area contributed by atoms with Crippen molar-refractivity contribution in [3.8, 4) is 0 Å². The fourth-order valence-electron chi connectivity index (χ4n) is 3.40. The summed E-state index contributed by atoms with van der Waals surface area (Å²) in [4.78, 5) is 41.7. The Balaban J connectivity index is 1.43. The predicted octanol–water partition coefficient (Wildman–Crippen LogP) is 2.45. The summed E-state index contributed by atoms with van der Waals surface area (Å²) in [6.45, 7) is 2.59. The average molecular weight is 417 g/mol. The van der Waals surface area contributed by atoms with Gasteiger partial charge >= 0.3 is 5.69 Å². The van der Waals surface area contributed by atoms with Crippen molar-refractivity contribution in [3.63, 3.8) is 0 Å². The molecule has 4 aromatic rings. The summed E-state index contributed by atoms with van der Waals surface area (Å²) in [5, 5.41) is 12.2. The van der Waals surface area contributed by atoms with Gasteiger partial charge in [0.1, 0.15) is 0 Å². The molecule has 31 heavy (non-hydrogen) atoms. The molecule has 0 saturated carbocycles. The molecule has 11 heteroatoms. The van der Waals surface area contributed by atoms with Crippen molar-refractivity contribution in [2.24, 2.45) is 0 Å². The minimum Gasteiger partial charge on any atom is -0.354 e. The largest absolute Gasteiger partial charge is 0.354 e. The lowest BCUT2D eigenvalue weighted by atomic mass is 10.1. The Morgan fingerprint density at radius 1 is 0.871 bits per heavy atom. The number of anilines is 6. The number of amides is 1. The van der Waals surface area contributed by atoms with Crippen molar-refractivity contribution in [1.82, 2.24) is 24.9 Å². The first-order valence-corrected chi connectivity index (χ1v) is 9.74. The van der Waals surface area contributed by atoms with E-state index in [0.717, 1.165) is 16.9 Å². The molecule has 2 aromatic heterocycles. The number of carbonyl (C=O) groups is 1. The van der Waals surface area contributed by atoms with E-state index in [1.165, 1.54) is 0 Å². The van der Waals surface area contributed by atoms with Crippen LogP contribution in [0.3, 0.4) is 0 Å². The lowest BCUT2D eigenvalue weighted by Gasteiger charge is -2.11. The number of nitrogens with one attached hydrogen (secondary N) is 6. The van der Waals surface area contributed by atoms with Gasteiger partial charge in [-0.15, -0.1) is 0 Å². The first kappa shape index (κ1) is 18.6. The van der Waals surface area contributed by atoms with Gasteiger partial charge in [-0.2, -0.15) is 15.0 Å². The minimum absolute atomic E-state index is 0.0195. The van der Waals surface area contributed by atoms with Gasteiger partial charge in [0, 0.05) is 23.6 Å². The molecule has 1 aliphatic rings. The molecule has 1 aliphatic heterocycles. The van der Waals surface area contributed by atoms with Crippen molar-refractivity contribution < 1.29 is 4.79 Å². The minimum atomic E-state index is -0.264. The number of hydrogen-bond donors (Lipinski definition) is 6. The molecule has 1 amide bonds. The summed E-state index contributed by atoms with van der Waals surface area (Å²) < 4.78 is 0. The second-order valence-corrected chi connectivity index (χ2v) is 7.02. The summed E-state index contributed by atoms with van der Waals surface area (Å²) >= 11 is 0. The number of nitrogens with zero attached hydrogens (tertiary/aromatic N) is 3. The SMILES string of the molecule is CCNc1nc(Nc2ccc3c(c2)CC(=O)N3)nc(Nc2ccc3[nH]c(=O)[nH]c3c2)n1. The van der Waals surface area contributed by atoms with Gasteiger partial charge in [0.2, 0.25) is 23.8 Å². The maximum absolute atomic E-state index is 11.6. The average Bonchev–Trinajstić information content (AvgIpc) is 3.27. The Hall–Kier alpha value is -4.41. The summed E-state index contributed by atoms with van der Waals surface area (Å²) in [7, 11) is 0. The lowest BCUT2D eigenvalue weighted by Crippen LogP contribution is -2.09. The molecule has 0 saturated heterocycles. The van der Waals surface area contributed by atoms with Gasteiger partial charge < -0.3 is 31.2 Å². The van der Waals surface area contributed by atoms with E-state index in [1.807, 2.05) is 31.2 Å². The number of aromatic amines is 2. The Morgan fingerprint density at radius 3 is 2.32 bits per heavy atom. The van der Waals surface area contributed by atoms with E-state index >= 15 is 0 Å². The zero-order valence-corrected chi connectivity index (χ0v) is 16.5. The second kappa shape index (κ2) is 7.44. The number of hydrogen-bond acceptors (Lipinski definition) is 8. The molecule has 3 heterocycles. The van der Waals surface area contributed by atoms with E-state index in [4.69, 9.17) is 0 Å². The third-order valence-corrected chi connectivity index (χ3v) is 4.73. The number of rotatable bonds is 6. The van der Waals surface area contributed by atoms with Crippen molar-refractivity contribution in [1.29, 1.82) is 0 Å². The topological polar surface area (TPSA) is 153 Å². The van der Waals surface area contributed by atoms with Crippen molar-refractivity contribution in [3.05, 3.63) is 52.4 Å². The first-order valence-electron chi connectivity index (χ1n) is 9.74. The van der Waals surface area contributed by atoms with Gasteiger partial charge in [0.15, 0.2) is 0 Å². The van der Waals surface area contributed by atoms with E-state index in [9.17, 15) is 9.59 Å². The van der Waals surface area contributed by atoms with Crippen molar-refractivity contribution in [2.45, 2.75) is 13.3 Å². The van der Waals surface area contributed by atoms with Crippen LogP contribution in [0.25, 0.3) is 11.0 Å². The Kier molecular flexibility index (Phi) is 4.47. The molecule has 0 bridgehead atoms. The fourth-order valence-corrected chi connectivity index (χ4v) is 3.40. The highest BCUT2D eigenvalue weighted by Crippen LogP contribution is 2.27. The van der Waals surface area contributed by atoms with Gasteiger partial charge in [0.05, 0.1) is 17.5 Å². The van der Waals surface area contributed by atoms with Crippen LogP contribution in [-0.2, 0) is 11.2 Å². The number of fused-ring (bicyclic) bond motifs is 2. The highest BCUT2D eigenvalue weighted by molar-refractivity contribution is 5.99. The van der Waals surface area contributed by atoms with Crippen LogP contribution in [0.5, 0.6) is 0 Å². The van der Waals surface area contributed by atoms with E-state index in [-0.39, 0.29) is 11.6 Å². The number of carbonyl (C=O) groups excluding carboxylic acids is 1. The Bertz CT molecular complexity index is 1360. The summed E-state index contributed by atoms with van der Waals surface area (Å²) in [6.07, 6.45) is 0.348. The van der Waals surface area contributed by atoms with Crippen LogP contribution in [0.15, 0.2) is 41.2 Å².